The lowest BCUT2D eigenvalue weighted by Gasteiger charge is -2.22. The maximum absolute atomic E-state index is 12.7. The van der Waals surface area contributed by atoms with Crippen molar-refractivity contribution in [2.24, 2.45) is 0 Å². The van der Waals surface area contributed by atoms with E-state index < -0.39 is 0 Å². The summed E-state index contributed by atoms with van der Waals surface area (Å²) < 4.78 is 6.25. The third-order valence-electron chi connectivity index (χ3n) is 5.32. The summed E-state index contributed by atoms with van der Waals surface area (Å²) in [6.07, 6.45) is 5.02. The fourth-order valence-corrected chi connectivity index (χ4v) is 3.73. The van der Waals surface area contributed by atoms with Crippen molar-refractivity contribution in [1.82, 2.24) is 20.1 Å². The summed E-state index contributed by atoms with van der Waals surface area (Å²) in [7, 11) is 0. The van der Waals surface area contributed by atoms with Gasteiger partial charge in [-0.05, 0) is 37.0 Å². The number of anilines is 1. The molecular formula is C20H27N5O2. The molecule has 2 aliphatic rings. The van der Waals surface area contributed by atoms with Crippen LogP contribution in [0.3, 0.4) is 0 Å². The highest BCUT2D eigenvalue weighted by Crippen LogP contribution is 2.30. The van der Waals surface area contributed by atoms with Crippen LogP contribution in [0.15, 0.2) is 24.4 Å². The SMILES string of the molecule is CC(C)c1cc(C(=O)N2CC[C@H](Oc3cccnc3N3CCCC3)C2)n[nH]1. The lowest BCUT2D eigenvalue weighted by Crippen LogP contribution is -2.31. The van der Waals surface area contributed by atoms with Gasteiger partial charge in [-0.15, -0.1) is 0 Å². The second kappa shape index (κ2) is 7.58. The van der Waals surface area contributed by atoms with Crippen LogP contribution in [0.25, 0.3) is 0 Å². The quantitative estimate of drug-likeness (QED) is 0.877. The molecule has 0 aromatic carbocycles. The van der Waals surface area contributed by atoms with Gasteiger partial charge in [-0.2, -0.15) is 5.10 Å². The Labute approximate surface area is 159 Å². The fraction of sp³-hybridized carbons (Fsp3) is 0.550. The van der Waals surface area contributed by atoms with Gasteiger partial charge in [0.25, 0.3) is 5.91 Å². The van der Waals surface area contributed by atoms with Crippen LogP contribution < -0.4 is 9.64 Å². The summed E-state index contributed by atoms with van der Waals surface area (Å²) in [5, 5.41) is 7.14. The molecule has 2 aliphatic heterocycles. The summed E-state index contributed by atoms with van der Waals surface area (Å²) in [5.74, 6) is 2.03. The molecule has 4 heterocycles. The molecule has 7 nitrogen and oxygen atoms in total. The number of pyridine rings is 1. The van der Waals surface area contributed by atoms with Crippen LogP contribution in [0.5, 0.6) is 5.75 Å². The van der Waals surface area contributed by atoms with Gasteiger partial charge in [0.15, 0.2) is 11.6 Å². The Morgan fingerprint density at radius 3 is 2.85 bits per heavy atom. The highest BCUT2D eigenvalue weighted by atomic mass is 16.5. The molecule has 0 saturated carbocycles. The van der Waals surface area contributed by atoms with E-state index in [1.807, 2.05) is 29.3 Å². The Kier molecular flexibility index (Phi) is 5.01. The van der Waals surface area contributed by atoms with Gasteiger partial charge in [0.1, 0.15) is 11.8 Å². The van der Waals surface area contributed by atoms with Crippen LogP contribution in [0.4, 0.5) is 5.82 Å². The average molecular weight is 369 g/mol. The minimum atomic E-state index is -0.0322. The number of amides is 1. The molecule has 2 saturated heterocycles. The molecule has 2 fully saturated rings. The highest BCUT2D eigenvalue weighted by Gasteiger charge is 2.30. The van der Waals surface area contributed by atoms with Gasteiger partial charge in [-0.3, -0.25) is 9.89 Å². The Hall–Kier alpha value is -2.57. The number of nitrogens with one attached hydrogen (secondary N) is 1. The third-order valence-corrected chi connectivity index (χ3v) is 5.32. The molecule has 1 amide bonds. The number of rotatable bonds is 5. The largest absolute Gasteiger partial charge is 0.485 e. The fourth-order valence-electron chi connectivity index (χ4n) is 3.73. The van der Waals surface area contributed by atoms with Gasteiger partial charge in [0.05, 0.1) is 6.54 Å². The number of nitrogens with zero attached hydrogens (tertiary/aromatic N) is 4. The van der Waals surface area contributed by atoms with E-state index in [0.717, 1.165) is 36.8 Å². The Balaban J connectivity index is 1.40. The number of aromatic nitrogens is 3. The molecule has 7 heteroatoms. The first kappa shape index (κ1) is 17.8. The van der Waals surface area contributed by atoms with Gasteiger partial charge in [0.2, 0.25) is 0 Å². The van der Waals surface area contributed by atoms with Gasteiger partial charge < -0.3 is 14.5 Å². The first-order valence-corrected chi connectivity index (χ1v) is 9.83. The number of H-pyrrole nitrogens is 1. The van der Waals surface area contributed by atoms with E-state index in [1.165, 1.54) is 12.8 Å². The number of aromatic amines is 1. The number of carbonyl (C=O) groups excluding carboxylic acids is 1. The molecule has 4 rings (SSSR count). The van der Waals surface area contributed by atoms with E-state index in [-0.39, 0.29) is 12.0 Å². The molecule has 27 heavy (non-hydrogen) atoms. The monoisotopic (exact) mass is 369 g/mol. The topological polar surface area (TPSA) is 74.4 Å². The van der Waals surface area contributed by atoms with Crippen molar-refractivity contribution in [3.05, 3.63) is 35.8 Å². The molecule has 0 spiro atoms. The van der Waals surface area contributed by atoms with Crippen LogP contribution in [-0.4, -0.2) is 58.3 Å². The lowest BCUT2D eigenvalue weighted by molar-refractivity contribution is 0.0766. The number of carbonyl (C=O) groups is 1. The molecule has 2 aromatic rings. The number of hydrogen-bond donors (Lipinski definition) is 1. The Morgan fingerprint density at radius 1 is 1.30 bits per heavy atom. The Morgan fingerprint density at radius 2 is 2.11 bits per heavy atom. The molecule has 0 bridgehead atoms. The standard InChI is InChI=1S/C20H27N5O2/c1-14(2)16-12-17(23-22-16)20(26)25-11-7-15(13-25)27-18-6-5-8-21-19(18)24-9-3-4-10-24/h5-6,8,12,14-15H,3-4,7,9-11,13H2,1-2H3,(H,22,23)/t15-/m0/s1. The molecule has 1 N–H and O–H groups in total. The summed E-state index contributed by atoms with van der Waals surface area (Å²) >= 11 is 0. The average Bonchev–Trinajstić information content (AvgIpc) is 3.42. The molecular weight excluding hydrogens is 342 g/mol. The van der Waals surface area contributed by atoms with Crippen LogP contribution in [0.2, 0.25) is 0 Å². The van der Waals surface area contributed by atoms with E-state index >= 15 is 0 Å². The van der Waals surface area contributed by atoms with Crippen LogP contribution in [-0.2, 0) is 0 Å². The molecule has 0 radical (unpaired) electrons. The highest BCUT2D eigenvalue weighted by molar-refractivity contribution is 5.92. The zero-order valence-electron chi connectivity index (χ0n) is 16.0. The zero-order chi connectivity index (χ0) is 18.8. The van der Waals surface area contributed by atoms with E-state index in [2.05, 4.69) is 33.9 Å². The van der Waals surface area contributed by atoms with Crippen molar-refractivity contribution < 1.29 is 9.53 Å². The molecule has 144 valence electrons. The normalized spacial score (nSPS) is 19.9. The maximum atomic E-state index is 12.7. The van der Waals surface area contributed by atoms with Crippen molar-refractivity contribution >= 4 is 11.7 Å². The smallest absolute Gasteiger partial charge is 0.274 e. The van der Waals surface area contributed by atoms with Crippen LogP contribution in [0.1, 0.15) is 55.2 Å². The van der Waals surface area contributed by atoms with Crippen molar-refractivity contribution in [1.29, 1.82) is 0 Å². The van der Waals surface area contributed by atoms with Crippen molar-refractivity contribution in [2.75, 3.05) is 31.1 Å². The zero-order valence-corrected chi connectivity index (χ0v) is 16.0. The van der Waals surface area contributed by atoms with Crippen LogP contribution >= 0.6 is 0 Å². The van der Waals surface area contributed by atoms with Gasteiger partial charge in [-0.1, -0.05) is 13.8 Å². The minimum absolute atomic E-state index is 0.0111. The summed E-state index contributed by atoms with van der Waals surface area (Å²) in [6.45, 7) is 7.48. The van der Waals surface area contributed by atoms with Gasteiger partial charge in [-0.25, -0.2) is 4.98 Å². The van der Waals surface area contributed by atoms with Gasteiger partial charge in [0, 0.05) is 37.9 Å². The molecule has 1 atom stereocenters. The number of hydrogen-bond acceptors (Lipinski definition) is 5. The van der Waals surface area contributed by atoms with E-state index in [0.29, 0.717) is 24.7 Å². The van der Waals surface area contributed by atoms with Crippen molar-refractivity contribution in [2.45, 2.75) is 45.1 Å². The number of ether oxygens (including phenoxy) is 1. The predicted octanol–water partition coefficient (Wildman–Crippen LogP) is 2.82. The van der Waals surface area contributed by atoms with Gasteiger partial charge >= 0.3 is 0 Å². The third kappa shape index (κ3) is 3.77. The van der Waals surface area contributed by atoms with E-state index in [9.17, 15) is 4.79 Å². The summed E-state index contributed by atoms with van der Waals surface area (Å²) in [6, 6.07) is 5.74. The summed E-state index contributed by atoms with van der Waals surface area (Å²) in [4.78, 5) is 21.4. The molecule has 0 aliphatic carbocycles. The van der Waals surface area contributed by atoms with Crippen LogP contribution in [0, 0.1) is 0 Å². The molecule has 2 aromatic heterocycles. The summed E-state index contributed by atoms with van der Waals surface area (Å²) in [5.41, 5.74) is 1.47. The predicted molar refractivity (Wildman–Crippen MR) is 103 cm³/mol. The lowest BCUT2D eigenvalue weighted by atomic mass is 10.1. The second-order valence-electron chi connectivity index (χ2n) is 7.66. The van der Waals surface area contributed by atoms with Crippen molar-refractivity contribution in [3.63, 3.8) is 0 Å². The van der Waals surface area contributed by atoms with Crippen molar-refractivity contribution in [3.8, 4) is 5.75 Å². The first-order valence-electron chi connectivity index (χ1n) is 9.83. The van der Waals surface area contributed by atoms with E-state index in [4.69, 9.17) is 4.74 Å². The Bertz CT molecular complexity index is 797. The van der Waals surface area contributed by atoms with E-state index in [1.54, 1.807) is 0 Å². The maximum Gasteiger partial charge on any atom is 0.274 e. The first-order chi connectivity index (χ1) is 13.1. The second-order valence-corrected chi connectivity index (χ2v) is 7.66. The number of likely N-dealkylation sites (tertiary alicyclic amines) is 1. The molecule has 0 unspecified atom stereocenters. The minimum Gasteiger partial charge on any atom is -0.485 e.